The lowest BCUT2D eigenvalue weighted by Crippen LogP contribution is -2.43. The molecule has 0 aromatic carbocycles. The summed E-state index contributed by atoms with van der Waals surface area (Å²) in [7, 11) is 2.08. The van der Waals surface area contributed by atoms with Gasteiger partial charge in [-0.15, -0.1) is 11.3 Å². The maximum absolute atomic E-state index is 3.37. The first-order valence-corrected chi connectivity index (χ1v) is 8.80. The van der Waals surface area contributed by atoms with E-state index in [9.17, 15) is 0 Å². The molecule has 4 aliphatic rings. The Kier molecular flexibility index (Phi) is 3.00. The normalized spacial score (nSPS) is 40.0. The van der Waals surface area contributed by atoms with Crippen molar-refractivity contribution in [2.24, 2.45) is 23.7 Å². The molecular formula is C17H25NS. The summed E-state index contributed by atoms with van der Waals surface area (Å²) in [6.45, 7) is 3.35. The van der Waals surface area contributed by atoms with Gasteiger partial charge in [-0.1, -0.05) is 0 Å². The highest BCUT2D eigenvalue weighted by Gasteiger charge is 2.49. The van der Waals surface area contributed by atoms with Gasteiger partial charge in [0.15, 0.2) is 0 Å². The number of hydrogen-bond donors (Lipinski definition) is 1. The molecule has 0 saturated heterocycles. The van der Waals surface area contributed by atoms with Gasteiger partial charge in [0.2, 0.25) is 0 Å². The van der Waals surface area contributed by atoms with E-state index in [-0.39, 0.29) is 0 Å². The van der Waals surface area contributed by atoms with Crippen LogP contribution in [0.2, 0.25) is 0 Å². The second-order valence-electron chi connectivity index (χ2n) is 7.22. The van der Waals surface area contributed by atoms with Gasteiger partial charge in [0, 0.05) is 16.3 Å². The molecule has 0 spiro atoms. The highest BCUT2D eigenvalue weighted by atomic mass is 32.1. The van der Waals surface area contributed by atoms with Gasteiger partial charge in [-0.05, 0) is 87.3 Å². The van der Waals surface area contributed by atoms with Crippen molar-refractivity contribution in [1.29, 1.82) is 0 Å². The number of nitrogens with one attached hydrogen (secondary N) is 1. The van der Waals surface area contributed by atoms with Crippen LogP contribution in [0.15, 0.2) is 6.07 Å². The molecule has 0 atom stereocenters. The monoisotopic (exact) mass is 275 g/mol. The lowest BCUT2D eigenvalue weighted by Gasteiger charge is -2.54. The topological polar surface area (TPSA) is 12.0 Å². The van der Waals surface area contributed by atoms with E-state index >= 15 is 0 Å². The Balaban J connectivity index is 1.68. The van der Waals surface area contributed by atoms with Crippen LogP contribution in [-0.2, 0) is 6.54 Å². The molecule has 0 amide bonds. The van der Waals surface area contributed by atoms with Crippen molar-refractivity contribution in [1.82, 2.24) is 5.32 Å². The van der Waals surface area contributed by atoms with Crippen LogP contribution in [0.25, 0.3) is 0 Å². The van der Waals surface area contributed by atoms with Crippen LogP contribution in [0.3, 0.4) is 0 Å². The molecule has 0 unspecified atom stereocenters. The van der Waals surface area contributed by atoms with Crippen LogP contribution in [0.4, 0.5) is 0 Å². The maximum atomic E-state index is 3.37. The average Bonchev–Trinajstić information content (AvgIpc) is 2.69. The van der Waals surface area contributed by atoms with Crippen molar-refractivity contribution in [3.05, 3.63) is 21.4 Å². The van der Waals surface area contributed by atoms with Crippen molar-refractivity contribution in [2.45, 2.75) is 51.5 Å². The number of thiophene rings is 1. The first kappa shape index (κ1) is 12.4. The Hall–Kier alpha value is -0.340. The Labute approximate surface area is 120 Å². The van der Waals surface area contributed by atoms with Crippen LogP contribution in [-0.4, -0.2) is 7.05 Å². The van der Waals surface area contributed by atoms with Crippen LogP contribution in [0.5, 0.6) is 0 Å². The predicted molar refractivity (Wildman–Crippen MR) is 81.6 cm³/mol. The van der Waals surface area contributed by atoms with Crippen molar-refractivity contribution >= 4 is 11.3 Å². The third-order valence-corrected chi connectivity index (χ3v) is 6.95. The highest BCUT2D eigenvalue weighted by molar-refractivity contribution is 7.12. The van der Waals surface area contributed by atoms with E-state index in [1.54, 1.807) is 16.9 Å². The van der Waals surface area contributed by atoms with Gasteiger partial charge in [-0.25, -0.2) is 0 Å². The maximum Gasteiger partial charge on any atom is 0.0299 e. The minimum atomic E-state index is 0.904. The van der Waals surface area contributed by atoms with E-state index in [0.717, 1.165) is 36.1 Å². The second kappa shape index (κ2) is 4.60. The zero-order valence-corrected chi connectivity index (χ0v) is 12.9. The van der Waals surface area contributed by atoms with E-state index in [4.69, 9.17) is 0 Å². The molecule has 1 aromatic heterocycles. The quantitative estimate of drug-likeness (QED) is 0.866. The van der Waals surface area contributed by atoms with Crippen molar-refractivity contribution < 1.29 is 0 Å². The van der Waals surface area contributed by atoms with Gasteiger partial charge in [0.05, 0.1) is 0 Å². The molecule has 0 radical (unpaired) electrons. The molecule has 1 heterocycles. The third-order valence-electron chi connectivity index (χ3n) is 5.89. The van der Waals surface area contributed by atoms with Gasteiger partial charge in [0.1, 0.15) is 0 Å². The highest BCUT2D eigenvalue weighted by Crippen LogP contribution is 2.60. The van der Waals surface area contributed by atoms with E-state index in [2.05, 4.69) is 25.4 Å². The minimum absolute atomic E-state index is 0.904. The Bertz CT molecular complexity index is 448. The summed E-state index contributed by atoms with van der Waals surface area (Å²) in [6.07, 6.45) is 7.69. The molecule has 104 valence electrons. The molecule has 4 bridgehead atoms. The summed E-state index contributed by atoms with van der Waals surface area (Å²) in [5.74, 6) is 5.11. The van der Waals surface area contributed by atoms with E-state index < -0.39 is 0 Å². The van der Waals surface area contributed by atoms with E-state index in [0.29, 0.717) is 0 Å². The Morgan fingerprint density at radius 2 is 1.74 bits per heavy atom. The van der Waals surface area contributed by atoms with Crippen molar-refractivity contribution in [3.8, 4) is 0 Å². The average molecular weight is 275 g/mol. The van der Waals surface area contributed by atoms with Gasteiger partial charge >= 0.3 is 0 Å². The fourth-order valence-corrected chi connectivity index (χ4v) is 6.70. The van der Waals surface area contributed by atoms with Crippen LogP contribution >= 0.6 is 11.3 Å². The summed E-state index contributed by atoms with van der Waals surface area (Å²) in [4.78, 5) is 3.13. The molecule has 4 fully saturated rings. The Morgan fingerprint density at radius 3 is 2.32 bits per heavy atom. The van der Waals surface area contributed by atoms with Gasteiger partial charge < -0.3 is 5.32 Å². The summed E-state index contributed by atoms with van der Waals surface area (Å²) in [5, 5.41) is 3.37. The van der Waals surface area contributed by atoms with Gasteiger partial charge in [-0.2, -0.15) is 0 Å². The number of rotatable bonds is 3. The lowest BCUT2D eigenvalue weighted by molar-refractivity contribution is -0.00291. The molecule has 1 N–H and O–H groups in total. The summed E-state index contributed by atoms with van der Waals surface area (Å²) < 4.78 is 0. The summed E-state index contributed by atoms with van der Waals surface area (Å²) >= 11 is 2.02. The molecule has 1 aromatic rings. The van der Waals surface area contributed by atoms with Crippen molar-refractivity contribution in [2.75, 3.05) is 7.05 Å². The first-order valence-electron chi connectivity index (χ1n) is 7.98. The SMILES string of the molecule is CNCc1sc(C)cc1C1C2CC3CC(C2)CC1C3. The molecule has 4 aliphatic carbocycles. The zero-order valence-electron chi connectivity index (χ0n) is 12.1. The number of hydrogen-bond acceptors (Lipinski definition) is 2. The van der Waals surface area contributed by atoms with Crippen molar-refractivity contribution in [3.63, 3.8) is 0 Å². The van der Waals surface area contributed by atoms with Gasteiger partial charge in [0.25, 0.3) is 0 Å². The molecular weight excluding hydrogens is 250 g/mol. The first-order chi connectivity index (χ1) is 9.24. The molecule has 4 saturated carbocycles. The van der Waals surface area contributed by atoms with E-state index in [1.807, 2.05) is 11.3 Å². The van der Waals surface area contributed by atoms with E-state index in [1.165, 1.54) is 30.6 Å². The smallest absolute Gasteiger partial charge is 0.0299 e. The molecule has 2 heteroatoms. The predicted octanol–water partition coefficient (Wildman–Crippen LogP) is 4.32. The largest absolute Gasteiger partial charge is 0.315 e. The third kappa shape index (κ3) is 1.99. The van der Waals surface area contributed by atoms with Gasteiger partial charge in [-0.3, -0.25) is 0 Å². The lowest BCUT2D eigenvalue weighted by atomic mass is 9.51. The zero-order chi connectivity index (χ0) is 13.0. The molecule has 1 nitrogen and oxygen atoms in total. The minimum Gasteiger partial charge on any atom is -0.315 e. The number of aryl methyl sites for hydroxylation is 1. The summed E-state index contributed by atoms with van der Waals surface area (Å²) in [6, 6.07) is 2.52. The molecule has 5 rings (SSSR count). The molecule has 0 aliphatic heterocycles. The van der Waals surface area contributed by atoms with Crippen LogP contribution in [0, 0.1) is 30.6 Å². The molecule has 19 heavy (non-hydrogen) atoms. The standard InChI is InChI=1S/C17H25NS/c1-10-3-15(16(19-10)9-18-2)17-13-5-11-4-12(7-13)8-14(17)6-11/h3,11-14,17-18H,4-9H2,1-2H3. The van der Waals surface area contributed by atoms with Crippen LogP contribution < -0.4 is 5.32 Å². The Morgan fingerprint density at radius 1 is 1.11 bits per heavy atom. The fraction of sp³-hybridized carbons (Fsp3) is 0.765. The fourth-order valence-electron chi connectivity index (χ4n) is 5.60. The second-order valence-corrected chi connectivity index (χ2v) is 8.56. The van der Waals surface area contributed by atoms with Crippen LogP contribution in [0.1, 0.15) is 53.3 Å². The summed E-state index contributed by atoms with van der Waals surface area (Å²) in [5.41, 5.74) is 1.73.